The van der Waals surface area contributed by atoms with Gasteiger partial charge in [-0.25, -0.2) is 8.42 Å². The van der Waals surface area contributed by atoms with Crippen LogP contribution in [-0.2, 0) is 10.0 Å². The van der Waals surface area contributed by atoms with E-state index in [1.54, 1.807) is 0 Å². The first-order valence-corrected chi connectivity index (χ1v) is 6.48. The molecule has 0 aromatic carbocycles. The van der Waals surface area contributed by atoms with Crippen LogP contribution >= 0.6 is 0 Å². The van der Waals surface area contributed by atoms with Crippen molar-refractivity contribution in [3.63, 3.8) is 0 Å². The molecule has 0 saturated carbocycles. The third-order valence-electron chi connectivity index (χ3n) is 3.04. The third kappa shape index (κ3) is 1.67. The van der Waals surface area contributed by atoms with Crippen molar-refractivity contribution in [2.75, 3.05) is 26.2 Å². The summed E-state index contributed by atoms with van der Waals surface area (Å²) in [4.78, 5) is 0. The molecule has 14 heavy (non-hydrogen) atoms. The Hall–Kier alpha value is -0.170. The Morgan fingerprint density at radius 1 is 1.43 bits per heavy atom. The van der Waals surface area contributed by atoms with Crippen LogP contribution in [0.15, 0.2) is 0 Å². The molecule has 5 nitrogen and oxygen atoms in total. The Morgan fingerprint density at radius 2 is 2.21 bits per heavy atom. The highest BCUT2D eigenvalue weighted by molar-refractivity contribution is 7.89. The Labute approximate surface area is 84.1 Å². The molecular weight excluding hydrogens is 204 g/mol. The molecule has 0 radical (unpaired) electrons. The van der Waals surface area contributed by atoms with Crippen LogP contribution in [0.3, 0.4) is 0 Å². The predicted molar refractivity (Wildman–Crippen MR) is 52.4 cm³/mol. The largest absolute Gasteiger partial charge is 0.395 e. The summed E-state index contributed by atoms with van der Waals surface area (Å²) in [6.07, 6.45) is 1.40. The van der Waals surface area contributed by atoms with Gasteiger partial charge in [0, 0.05) is 25.7 Å². The zero-order chi connectivity index (χ0) is 10.2. The van der Waals surface area contributed by atoms with Crippen molar-refractivity contribution in [1.29, 1.82) is 0 Å². The fraction of sp³-hybridized carbons (Fsp3) is 1.00. The molecule has 0 aromatic heterocycles. The van der Waals surface area contributed by atoms with Crippen molar-refractivity contribution in [2.45, 2.75) is 24.1 Å². The van der Waals surface area contributed by atoms with Gasteiger partial charge in [-0.15, -0.1) is 0 Å². The standard InChI is InChI=1S/C8H16N2O3S/c11-6-8-2-1-7-5-10(4-3-9-7)14(8,12)13/h7-9,11H,1-6H2. The van der Waals surface area contributed by atoms with Crippen molar-refractivity contribution in [1.82, 2.24) is 9.62 Å². The molecule has 2 fully saturated rings. The van der Waals surface area contributed by atoms with E-state index in [1.807, 2.05) is 0 Å². The van der Waals surface area contributed by atoms with Crippen molar-refractivity contribution < 1.29 is 13.5 Å². The number of sulfonamides is 1. The van der Waals surface area contributed by atoms with E-state index in [0.717, 1.165) is 13.0 Å². The number of piperazine rings is 1. The monoisotopic (exact) mass is 220 g/mol. The molecule has 2 heterocycles. The Kier molecular flexibility index (Phi) is 2.79. The Morgan fingerprint density at radius 3 is 2.93 bits per heavy atom. The number of fused-ring (bicyclic) bond motifs is 2. The van der Waals surface area contributed by atoms with Crippen molar-refractivity contribution in [3.8, 4) is 0 Å². The van der Waals surface area contributed by atoms with Crippen LogP contribution in [0.4, 0.5) is 0 Å². The topological polar surface area (TPSA) is 69.6 Å². The smallest absolute Gasteiger partial charge is 0.219 e. The first-order chi connectivity index (χ1) is 6.64. The van der Waals surface area contributed by atoms with Crippen LogP contribution in [0.1, 0.15) is 12.8 Å². The minimum atomic E-state index is -3.24. The zero-order valence-corrected chi connectivity index (χ0v) is 8.83. The lowest BCUT2D eigenvalue weighted by molar-refractivity contribution is 0.283. The van der Waals surface area contributed by atoms with Gasteiger partial charge in [-0.05, 0) is 12.8 Å². The molecule has 82 valence electrons. The molecule has 2 bridgehead atoms. The molecule has 2 N–H and O–H groups in total. The Balaban J connectivity index is 2.26. The molecule has 3 atom stereocenters. The number of nitrogens with one attached hydrogen (secondary N) is 1. The average Bonchev–Trinajstić information content (AvgIpc) is 2.25. The molecular formula is C8H16N2O3S. The second-order valence-corrected chi connectivity index (χ2v) is 6.15. The summed E-state index contributed by atoms with van der Waals surface area (Å²) in [6.45, 7) is 1.57. The quantitative estimate of drug-likeness (QED) is 0.579. The second kappa shape index (κ2) is 3.77. The second-order valence-electron chi connectivity index (χ2n) is 3.94. The van der Waals surface area contributed by atoms with Crippen molar-refractivity contribution >= 4 is 10.0 Å². The number of hydrogen-bond donors (Lipinski definition) is 2. The number of aliphatic hydroxyl groups excluding tert-OH is 1. The molecule has 2 saturated heterocycles. The van der Waals surface area contributed by atoms with Gasteiger partial charge in [0.15, 0.2) is 0 Å². The van der Waals surface area contributed by atoms with E-state index < -0.39 is 15.3 Å². The normalized spacial score (nSPS) is 41.6. The number of aliphatic hydroxyl groups is 1. The summed E-state index contributed by atoms with van der Waals surface area (Å²) >= 11 is 0. The lowest BCUT2D eigenvalue weighted by atomic mass is 10.1. The third-order valence-corrected chi connectivity index (χ3v) is 5.32. The molecule has 0 amide bonds. The van der Waals surface area contributed by atoms with Gasteiger partial charge in [0.25, 0.3) is 0 Å². The maximum Gasteiger partial charge on any atom is 0.219 e. The van der Waals surface area contributed by atoms with E-state index in [1.165, 1.54) is 4.31 Å². The summed E-state index contributed by atoms with van der Waals surface area (Å²) in [5.74, 6) is 0. The van der Waals surface area contributed by atoms with Crippen molar-refractivity contribution in [3.05, 3.63) is 0 Å². The molecule has 0 aliphatic carbocycles. The number of hydrogen-bond acceptors (Lipinski definition) is 4. The lowest BCUT2D eigenvalue weighted by Crippen LogP contribution is -2.52. The van der Waals surface area contributed by atoms with E-state index in [0.29, 0.717) is 19.5 Å². The highest BCUT2D eigenvalue weighted by Gasteiger charge is 2.38. The van der Waals surface area contributed by atoms with E-state index in [4.69, 9.17) is 5.11 Å². The minimum absolute atomic E-state index is 0.258. The molecule has 2 aliphatic heterocycles. The van der Waals surface area contributed by atoms with Gasteiger partial charge in [0.1, 0.15) is 0 Å². The summed E-state index contributed by atoms with van der Waals surface area (Å²) in [5, 5.41) is 11.7. The van der Waals surface area contributed by atoms with Gasteiger partial charge in [0.2, 0.25) is 10.0 Å². The molecule has 0 spiro atoms. The van der Waals surface area contributed by atoms with Gasteiger partial charge in [-0.3, -0.25) is 0 Å². The van der Waals surface area contributed by atoms with Crippen LogP contribution < -0.4 is 5.32 Å². The SMILES string of the molecule is O=S1(=O)C(CO)CCC2CN1CCN2. The van der Waals surface area contributed by atoms with E-state index >= 15 is 0 Å². The number of rotatable bonds is 1. The van der Waals surface area contributed by atoms with Gasteiger partial charge in [-0.2, -0.15) is 4.31 Å². The molecule has 2 aliphatic rings. The highest BCUT2D eigenvalue weighted by atomic mass is 32.2. The fourth-order valence-electron chi connectivity index (χ4n) is 2.15. The first kappa shape index (κ1) is 10.4. The fourth-order valence-corrected chi connectivity index (χ4v) is 3.93. The van der Waals surface area contributed by atoms with Crippen LogP contribution in [0.5, 0.6) is 0 Å². The van der Waals surface area contributed by atoms with Crippen LogP contribution in [-0.4, -0.2) is 55.4 Å². The van der Waals surface area contributed by atoms with Crippen molar-refractivity contribution in [2.24, 2.45) is 0 Å². The Bertz CT molecular complexity index is 304. The zero-order valence-electron chi connectivity index (χ0n) is 8.02. The van der Waals surface area contributed by atoms with Gasteiger partial charge >= 0.3 is 0 Å². The summed E-state index contributed by atoms with van der Waals surface area (Å²) in [5.41, 5.74) is 0. The summed E-state index contributed by atoms with van der Waals surface area (Å²) < 4.78 is 25.3. The molecule has 6 heteroatoms. The van der Waals surface area contributed by atoms with E-state index in [-0.39, 0.29) is 12.6 Å². The maximum atomic E-state index is 11.9. The molecule has 2 rings (SSSR count). The van der Waals surface area contributed by atoms with Crippen LogP contribution in [0.2, 0.25) is 0 Å². The lowest BCUT2D eigenvalue weighted by Gasteiger charge is -2.30. The van der Waals surface area contributed by atoms with Crippen LogP contribution in [0.25, 0.3) is 0 Å². The van der Waals surface area contributed by atoms with Gasteiger partial charge in [0.05, 0.1) is 11.9 Å². The van der Waals surface area contributed by atoms with E-state index in [9.17, 15) is 8.42 Å². The predicted octanol–water partition coefficient (Wildman–Crippen LogP) is -1.26. The summed E-state index contributed by atoms with van der Waals surface area (Å²) in [6, 6.07) is 0.273. The maximum absolute atomic E-state index is 11.9. The molecule has 0 aromatic rings. The average molecular weight is 220 g/mol. The minimum Gasteiger partial charge on any atom is -0.395 e. The highest BCUT2D eigenvalue weighted by Crippen LogP contribution is 2.22. The van der Waals surface area contributed by atoms with E-state index in [2.05, 4.69) is 5.32 Å². The number of nitrogens with zero attached hydrogens (tertiary/aromatic N) is 1. The van der Waals surface area contributed by atoms with Crippen LogP contribution in [0, 0.1) is 0 Å². The van der Waals surface area contributed by atoms with Gasteiger partial charge in [-0.1, -0.05) is 0 Å². The first-order valence-electron chi connectivity index (χ1n) is 4.98. The van der Waals surface area contributed by atoms with Gasteiger partial charge < -0.3 is 10.4 Å². The summed E-state index contributed by atoms with van der Waals surface area (Å²) in [7, 11) is -3.24. The molecule has 3 unspecified atom stereocenters.